The molecule has 0 unspecified atom stereocenters. The molecule has 152 valence electrons. The summed E-state index contributed by atoms with van der Waals surface area (Å²) in [5.74, 6) is 0. The zero-order chi connectivity index (χ0) is 19.0. The van der Waals surface area contributed by atoms with Gasteiger partial charge in [-0.15, -0.1) is 0 Å². The Hall–Kier alpha value is 0.234. The van der Waals surface area contributed by atoms with Crippen LogP contribution in [0.2, 0.25) is 25.2 Å². The van der Waals surface area contributed by atoms with Crippen molar-refractivity contribution in [3.63, 3.8) is 0 Å². The third-order valence-electron chi connectivity index (χ3n) is 4.44. The first kappa shape index (κ1) is 25.2. The molecule has 0 fully saturated rings. The van der Waals surface area contributed by atoms with Gasteiger partial charge in [-0.05, 0) is 71.0 Å². The molecular weight excluding hydrogens is 348 g/mol. The van der Waals surface area contributed by atoms with Gasteiger partial charge in [0.2, 0.25) is 0 Å². The fourth-order valence-electron chi connectivity index (χ4n) is 2.82. The molecule has 0 radical (unpaired) electrons. The smallest absolute Gasteiger partial charge is 0.416 e. The van der Waals surface area contributed by atoms with Crippen molar-refractivity contribution in [2.24, 2.45) is 0 Å². The fraction of sp³-hybridized carbons (Fsp3) is 1.00. The molecule has 0 aliphatic carbocycles. The van der Waals surface area contributed by atoms with Crippen molar-refractivity contribution in [3.05, 3.63) is 0 Å². The minimum Gasteiger partial charge on any atom is -0.416 e. The summed E-state index contributed by atoms with van der Waals surface area (Å²) in [6.45, 7) is 13.3. The van der Waals surface area contributed by atoms with Crippen LogP contribution in [0.15, 0.2) is 0 Å². The second kappa shape index (κ2) is 15.3. The molecular formula is C18H44N2O3Si2. The Morgan fingerprint density at radius 1 is 0.680 bits per heavy atom. The van der Waals surface area contributed by atoms with E-state index in [1.54, 1.807) is 14.2 Å². The maximum absolute atomic E-state index is 6.56. The Morgan fingerprint density at radius 2 is 1.12 bits per heavy atom. The van der Waals surface area contributed by atoms with E-state index in [1.165, 1.54) is 32.1 Å². The fourth-order valence-corrected chi connectivity index (χ4v) is 9.88. The van der Waals surface area contributed by atoms with Gasteiger partial charge in [0.15, 0.2) is 8.32 Å². The average Bonchev–Trinajstić information content (AvgIpc) is 2.60. The molecule has 0 aromatic heterocycles. The zero-order valence-corrected chi connectivity index (χ0v) is 19.7. The summed E-state index contributed by atoms with van der Waals surface area (Å²) in [5.41, 5.74) is 0. The van der Waals surface area contributed by atoms with E-state index in [0.717, 1.165) is 44.7 Å². The van der Waals surface area contributed by atoms with Crippen LogP contribution in [-0.2, 0) is 13.0 Å². The van der Waals surface area contributed by atoms with E-state index in [9.17, 15) is 0 Å². The van der Waals surface area contributed by atoms with Gasteiger partial charge in [0, 0.05) is 20.3 Å². The standard InChI is InChI=1S/C18H44N2O3Si2/c1-7-9-13-19-15-11-17-24(5,6)23-25(21-3,22-4)18-12-16-20-14-10-8-2/h19-20H,7-18H2,1-6H3. The van der Waals surface area contributed by atoms with Crippen LogP contribution in [0.3, 0.4) is 0 Å². The molecule has 2 N–H and O–H groups in total. The van der Waals surface area contributed by atoms with Crippen molar-refractivity contribution in [1.82, 2.24) is 10.6 Å². The van der Waals surface area contributed by atoms with Crippen LogP contribution in [-0.4, -0.2) is 57.5 Å². The van der Waals surface area contributed by atoms with Crippen LogP contribution in [0.1, 0.15) is 52.4 Å². The minimum absolute atomic E-state index is 0.893. The monoisotopic (exact) mass is 392 g/mol. The Bertz CT molecular complexity index is 304. The highest BCUT2D eigenvalue weighted by Gasteiger charge is 2.43. The Labute approximate surface area is 159 Å². The van der Waals surface area contributed by atoms with Gasteiger partial charge in [-0.2, -0.15) is 0 Å². The number of hydrogen-bond donors (Lipinski definition) is 2. The molecule has 5 nitrogen and oxygen atoms in total. The normalized spacial score (nSPS) is 12.7. The van der Waals surface area contributed by atoms with Crippen LogP contribution < -0.4 is 10.6 Å². The third kappa shape index (κ3) is 13.1. The molecule has 0 saturated heterocycles. The maximum Gasteiger partial charge on any atom is 0.489 e. The molecule has 0 spiro atoms. The topological polar surface area (TPSA) is 51.8 Å². The minimum atomic E-state index is -2.53. The van der Waals surface area contributed by atoms with Gasteiger partial charge in [-0.25, -0.2) is 0 Å². The van der Waals surface area contributed by atoms with Gasteiger partial charge in [-0.1, -0.05) is 26.7 Å². The molecule has 0 aromatic rings. The summed E-state index contributed by atoms with van der Waals surface area (Å²) in [4.78, 5) is 0. The lowest BCUT2D eigenvalue weighted by atomic mass is 10.3. The number of nitrogens with one attached hydrogen (secondary N) is 2. The van der Waals surface area contributed by atoms with Crippen molar-refractivity contribution in [3.8, 4) is 0 Å². The van der Waals surface area contributed by atoms with Crippen molar-refractivity contribution in [2.45, 2.75) is 77.6 Å². The van der Waals surface area contributed by atoms with Gasteiger partial charge in [0.1, 0.15) is 0 Å². The quantitative estimate of drug-likeness (QED) is 0.273. The highest BCUT2D eigenvalue weighted by molar-refractivity contribution is 6.80. The van der Waals surface area contributed by atoms with Gasteiger partial charge in [0.05, 0.1) is 0 Å². The molecule has 0 bridgehead atoms. The molecule has 0 aliphatic rings. The molecule has 0 amide bonds. The van der Waals surface area contributed by atoms with E-state index < -0.39 is 17.1 Å². The maximum atomic E-state index is 6.56. The molecule has 0 heterocycles. The summed E-state index contributed by atoms with van der Waals surface area (Å²) in [6.07, 6.45) is 7.18. The van der Waals surface area contributed by atoms with Crippen LogP contribution in [0, 0.1) is 0 Å². The number of rotatable bonds is 18. The number of unbranched alkanes of at least 4 members (excludes halogenated alkanes) is 2. The largest absolute Gasteiger partial charge is 0.489 e. The molecule has 25 heavy (non-hydrogen) atoms. The van der Waals surface area contributed by atoms with E-state index in [1.807, 2.05) is 0 Å². The highest BCUT2D eigenvalue weighted by atomic mass is 28.5. The summed E-state index contributed by atoms with van der Waals surface area (Å²) in [7, 11) is -0.812. The first-order valence-corrected chi connectivity index (χ1v) is 15.2. The van der Waals surface area contributed by atoms with Gasteiger partial charge in [-0.3, -0.25) is 0 Å². The van der Waals surface area contributed by atoms with Gasteiger partial charge < -0.3 is 23.6 Å². The molecule has 0 saturated carbocycles. The zero-order valence-electron chi connectivity index (χ0n) is 17.7. The van der Waals surface area contributed by atoms with E-state index in [-0.39, 0.29) is 0 Å². The Morgan fingerprint density at radius 3 is 1.56 bits per heavy atom. The predicted octanol–water partition coefficient (Wildman–Crippen LogP) is 4.00. The van der Waals surface area contributed by atoms with Gasteiger partial charge in [0.25, 0.3) is 0 Å². The van der Waals surface area contributed by atoms with Crippen LogP contribution in [0.5, 0.6) is 0 Å². The Kier molecular flexibility index (Phi) is 15.5. The molecule has 0 atom stereocenters. The van der Waals surface area contributed by atoms with Gasteiger partial charge >= 0.3 is 8.80 Å². The first-order chi connectivity index (χ1) is 11.9. The highest BCUT2D eigenvalue weighted by Crippen LogP contribution is 2.24. The summed E-state index contributed by atoms with van der Waals surface area (Å²) in [6, 6.07) is 2.03. The molecule has 7 heteroatoms. The van der Waals surface area contributed by atoms with Crippen molar-refractivity contribution < 1.29 is 13.0 Å². The van der Waals surface area contributed by atoms with Crippen molar-refractivity contribution >= 4 is 17.1 Å². The average molecular weight is 393 g/mol. The summed E-state index contributed by atoms with van der Waals surface area (Å²) >= 11 is 0. The lowest BCUT2D eigenvalue weighted by Crippen LogP contribution is -2.52. The number of hydrogen-bond acceptors (Lipinski definition) is 5. The van der Waals surface area contributed by atoms with Crippen LogP contribution in [0.4, 0.5) is 0 Å². The predicted molar refractivity (Wildman–Crippen MR) is 113 cm³/mol. The van der Waals surface area contributed by atoms with Crippen LogP contribution in [0.25, 0.3) is 0 Å². The second-order valence-corrected chi connectivity index (χ2v) is 14.9. The van der Waals surface area contributed by atoms with Crippen LogP contribution >= 0.6 is 0 Å². The summed E-state index contributed by atoms with van der Waals surface area (Å²) < 4.78 is 18.1. The van der Waals surface area contributed by atoms with E-state index in [0.29, 0.717) is 0 Å². The third-order valence-corrected chi connectivity index (χ3v) is 11.7. The molecule has 0 aromatic carbocycles. The lowest BCUT2D eigenvalue weighted by molar-refractivity contribution is 0.156. The molecule has 0 rings (SSSR count). The van der Waals surface area contributed by atoms with Crippen molar-refractivity contribution in [1.29, 1.82) is 0 Å². The van der Waals surface area contributed by atoms with E-state index in [4.69, 9.17) is 13.0 Å². The second-order valence-electron chi connectivity index (χ2n) is 7.37. The molecule has 0 aliphatic heterocycles. The summed E-state index contributed by atoms with van der Waals surface area (Å²) in [5, 5.41) is 7.00. The van der Waals surface area contributed by atoms with E-state index in [2.05, 4.69) is 37.6 Å². The SMILES string of the molecule is CCCCNCCC[Si](C)(C)O[Si](CCCNCCCC)(OC)OC. The van der Waals surface area contributed by atoms with Crippen molar-refractivity contribution in [2.75, 3.05) is 40.4 Å². The van der Waals surface area contributed by atoms with E-state index >= 15 is 0 Å². The lowest BCUT2D eigenvalue weighted by Gasteiger charge is -2.35. The Balaban J connectivity index is 4.21. The first-order valence-electron chi connectivity index (χ1n) is 10.2.